The van der Waals surface area contributed by atoms with Crippen LogP contribution in [0.1, 0.15) is 23.7 Å². The van der Waals surface area contributed by atoms with E-state index in [0.717, 1.165) is 11.4 Å². The van der Waals surface area contributed by atoms with Gasteiger partial charge in [-0.2, -0.15) is 5.11 Å². The number of benzene rings is 2. The molecule has 2 aromatic carbocycles. The Morgan fingerprint density at radius 1 is 1.12 bits per heavy atom. The predicted molar refractivity (Wildman–Crippen MR) is 100 cm³/mol. The fourth-order valence-electron chi connectivity index (χ4n) is 2.25. The monoisotopic (exact) mass is 340 g/mol. The number of rotatable bonds is 7. The van der Waals surface area contributed by atoms with Crippen LogP contribution in [-0.4, -0.2) is 37.8 Å². The number of carbonyl (C=O) groups excluding carboxylic acids is 1. The summed E-state index contributed by atoms with van der Waals surface area (Å²) < 4.78 is 0. The number of aliphatic hydroxyl groups is 1. The van der Waals surface area contributed by atoms with Crippen LogP contribution in [0.15, 0.2) is 58.8 Å². The van der Waals surface area contributed by atoms with Gasteiger partial charge >= 0.3 is 0 Å². The van der Waals surface area contributed by atoms with Gasteiger partial charge in [-0.25, -0.2) is 0 Å². The first-order valence-electron chi connectivity index (χ1n) is 8.21. The van der Waals surface area contributed by atoms with Crippen molar-refractivity contribution < 1.29 is 9.90 Å². The summed E-state index contributed by atoms with van der Waals surface area (Å²) in [6.07, 6.45) is 0.508. The second kappa shape index (κ2) is 8.94. The van der Waals surface area contributed by atoms with Crippen LogP contribution in [0.5, 0.6) is 0 Å². The van der Waals surface area contributed by atoms with Gasteiger partial charge in [-0.15, -0.1) is 5.11 Å². The molecule has 25 heavy (non-hydrogen) atoms. The van der Waals surface area contributed by atoms with Crippen molar-refractivity contribution in [2.45, 2.75) is 19.4 Å². The van der Waals surface area contributed by atoms with E-state index >= 15 is 0 Å². The molecule has 0 aliphatic carbocycles. The van der Waals surface area contributed by atoms with E-state index in [4.69, 9.17) is 5.11 Å². The lowest BCUT2D eigenvalue weighted by atomic mass is 10.1. The summed E-state index contributed by atoms with van der Waals surface area (Å²) in [5.74, 6) is -0.224. The Morgan fingerprint density at radius 2 is 1.80 bits per heavy atom. The van der Waals surface area contributed by atoms with E-state index in [-0.39, 0.29) is 18.6 Å². The number of carbonyl (C=O) groups is 1. The molecule has 0 aromatic heterocycles. The van der Waals surface area contributed by atoms with E-state index in [1.165, 1.54) is 0 Å². The lowest BCUT2D eigenvalue weighted by Crippen LogP contribution is -2.33. The van der Waals surface area contributed by atoms with Crippen LogP contribution in [0.2, 0.25) is 0 Å². The highest BCUT2D eigenvalue weighted by Crippen LogP contribution is 2.24. The second-order valence-electron chi connectivity index (χ2n) is 6.01. The number of hydrogen-bond donors (Lipinski definition) is 2. The van der Waals surface area contributed by atoms with Gasteiger partial charge < -0.3 is 15.3 Å². The maximum absolute atomic E-state index is 12.4. The number of azo groups is 1. The smallest absolute Gasteiger partial charge is 0.253 e. The zero-order valence-corrected chi connectivity index (χ0v) is 14.8. The number of amides is 1. The van der Waals surface area contributed by atoms with E-state index in [2.05, 4.69) is 15.5 Å². The second-order valence-corrected chi connectivity index (χ2v) is 6.01. The van der Waals surface area contributed by atoms with E-state index in [1.54, 1.807) is 18.2 Å². The quantitative estimate of drug-likeness (QED) is 0.755. The molecule has 0 radical (unpaired) electrons. The first kappa shape index (κ1) is 18.6. The number of nitrogens with one attached hydrogen (secondary N) is 1. The van der Waals surface area contributed by atoms with Gasteiger partial charge in [-0.3, -0.25) is 4.79 Å². The van der Waals surface area contributed by atoms with E-state index < -0.39 is 0 Å². The van der Waals surface area contributed by atoms with E-state index in [9.17, 15) is 4.79 Å². The van der Waals surface area contributed by atoms with Crippen molar-refractivity contribution in [2.24, 2.45) is 10.2 Å². The van der Waals surface area contributed by atoms with Gasteiger partial charge in [0.25, 0.3) is 5.91 Å². The van der Waals surface area contributed by atoms with Crippen molar-refractivity contribution in [3.05, 3.63) is 54.1 Å². The Balaban J connectivity index is 2.15. The van der Waals surface area contributed by atoms with Gasteiger partial charge in [0.15, 0.2) is 0 Å². The van der Waals surface area contributed by atoms with Crippen molar-refractivity contribution in [3.63, 3.8) is 0 Å². The molecule has 6 heteroatoms. The molecule has 0 saturated carbocycles. The van der Waals surface area contributed by atoms with E-state index in [1.807, 2.05) is 56.3 Å². The minimum Gasteiger partial charge on any atom is -0.396 e. The molecular weight excluding hydrogens is 316 g/mol. The summed E-state index contributed by atoms with van der Waals surface area (Å²) in [5.41, 5.74) is 2.76. The van der Waals surface area contributed by atoms with Crippen molar-refractivity contribution in [3.8, 4) is 0 Å². The highest BCUT2D eigenvalue weighted by atomic mass is 16.3. The molecule has 0 spiro atoms. The van der Waals surface area contributed by atoms with Crippen LogP contribution in [0.25, 0.3) is 0 Å². The Hall–Kier alpha value is -2.73. The Labute approximate surface area is 148 Å². The summed E-state index contributed by atoms with van der Waals surface area (Å²) in [5, 5.41) is 20.2. The van der Waals surface area contributed by atoms with Crippen molar-refractivity contribution in [1.29, 1.82) is 0 Å². The molecule has 1 atom stereocenters. The Morgan fingerprint density at radius 3 is 2.44 bits per heavy atom. The van der Waals surface area contributed by atoms with Crippen molar-refractivity contribution in [1.82, 2.24) is 5.32 Å². The topological polar surface area (TPSA) is 77.3 Å². The summed E-state index contributed by atoms with van der Waals surface area (Å²) in [6.45, 7) is 1.89. The molecule has 1 amide bonds. The fourth-order valence-corrected chi connectivity index (χ4v) is 2.25. The summed E-state index contributed by atoms with van der Waals surface area (Å²) in [6, 6.07) is 14.6. The molecule has 6 nitrogen and oxygen atoms in total. The fraction of sp³-hybridized carbons (Fsp3) is 0.316. The van der Waals surface area contributed by atoms with Crippen LogP contribution in [-0.2, 0) is 0 Å². The number of nitrogens with zero attached hydrogens (tertiary/aromatic N) is 3. The molecular formula is C19H24N4O2. The van der Waals surface area contributed by atoms with Gasteiger partial charge in [0.2, 0.25) is 0 Å². The largest absolute Gasteiger partial charge is 0.396 e. The van der Waals surface area contributed by atoms with Crippen LogP contribution in [0, 0.1) is 0 Å². The van der Waals surface area contributed by atoms with E-state index in [0.29, 0.717) is 17.7 Å². The molecule has 0 bridgehead atoms. The third-order valence-corrected chi connectivity index (χ3v) is 3.73. The van der Waals surface area contributed by atoms with Crippen molar-refractivity contribution >= 4 is 23.0 Å². The summed E-state index contributed by atoms with van der Waals surface area (Å²) in [4.78, 5) is 14.4. The number of anilines is 1. The molecule has 2 N–H and O–H groups in total. The van der Waals surface area contributed by atoms with Gasteiger partial charge in [-0.05, 0) is 49.7 Å². The highest BCUT2D eigenvalue weighted by molar-refractivity contribution is 5.99. The molecule has 0 heterocycles. The Bertz CT molecular complexity index is 726. The van der Waals surface area contributed by atoms with Gasteiger partial charge in [0.05, 0.1) is 16.9 Å². The minimum atomic E-state index is -0.224. The zero-order valence-electron chi connectivity index (χ0n) is 14.8. The summed E-state index contributed by atoms with van der Waals surface area (Å²) in [7, 11) is 3.95. The maximum Gasteiger partial charge on any atom is 0.253 e. The molecule has 0 unspecified atom stereocenters. The third-order valence-electron chi connectivity index (χ3n) is 3.73. The van der Waals surface area contributed by atoms with Crippen LogP contribution in [0.3, 0.4) is 0 Å². The predicted octanol–water partition coefficient (Wildman–Crippen LogP) is 3.67. The lowest BCUT2D eigenvalue weighted by Gasteiger charge is -2.13. The first-order chi connectivity index (χ1) is 12.0. The molecule has 132 valence electrons. The summed E-state index contributed by atoms with van der Waals surface area (Å²) >= 11 is 0. The molecule has 2 aromatic rings. The van der Waals surface area contributed by atoms with Crippen molar-refractivity contribution in [2.75, 3.05) is 25.6 Å². The molecule has 0 saturated heterocycles. The van der Waals surface area contributed by atoms with Gasteiger partial charge in [0, 0.05) is 32.4 Å². The number of aliphatic hydroxyl groups excluding tert-OH is 1. The molecule has 2 rings (SSSR count). The van der Waals surface area contributed by atoms with Gasteiger partial charge in [0.1, 0.15) is 0 Å². The lowest BCUT2D eigenvalue weighted by molar-refractivity contribution is 0.0935. The van der Waals surface area contributed by atoms with Crippen LogP contribution in [0.4, 0.5) is 17.1 Å². The third kappa shape index (κ3) is 5.39. The highest BCUT2D eigenvalue weighted by Gasteiger charge is 2.13. The maximum atomic E-state index is 12.4. The first-order valence-corrected chi connectivity index (χ1v) is 8.21. The van der Waals surface area contributed by atoms with Crippen LogP contribution < -0.4 is 10.2 Å². The SMILES string of the molecule is C[C@H](CCO)NC(=O)c1ccccc1N=Nc1ccc(N(C)C)cc1. The number of hydrogen-bond acceptors (Lipinski definition) is 5. The minimum absolute atomic E-state index is 0.0335. The Kier molecular flexibility index (Phi) is 6.65. The zero-order chi connectivity index (χ0) is 18.2. The average Bonchev–Trinajstić information content (AvgIpc) is 2.60. The van der Waals surface area contributed by atoms with Crippen LogP contribution >= 0.6 is 0 Å². The molecule has 0 aliphatic heterocycles. The van der Waals surface area contributed by atoms with Gasteiger partial charge in [-0.1, -0.05) is 12.1 Å². The molecule has 0 aliphatic rings. The standard InChI is InChI=1S/C19H24N4O2/c1-14(12-13-24)20-19(25)17-6-4-5-7-18(17)22-21-15-8-10-16(11-9-15)23(2)3/h4-11,14,24H,12-13H2,1-3H3,(H,20,25)/t14-/m1/s1. The normalized spacial score (nSPS) is 12.2. The average molecular weight is 340 g/mol. The molecule has 0 fully saturated rings.